The average molecular weight is 159 g/mol. The molecule has 11 heavy (non-hydrogen) atoms. The fraction of sp³-hybridized carbons (Fsp3) is 0.875. The first-order valence-electron chi connectivity index (χ1n) is 4.14. The Labute approximate surface area is 67.8 Å². The molecular weight excluding hydrogens is 142 g/mol. The molecule has 0 rings (SSSR count). The van der Waals surface area contributed by atoms with E-state index in [1.54, 1.807) is 0 Å². The Hall–Kier alpha value is -0.410. The molecule has 0 aliphatic heterocycles. The summed E-state index contributed by atoms with van der Waals surface area (Å²) in [5.41, 5.74) is 0. The lowest BCUT2D eigenvalue weighted by atomic mass is 10.1. The molecule has 0 heterocycles. The standard InChI is InChI=1S/C8H17NO2/c1-2-3-4-8(7-11)9-5-6-10/h7-10H,2-6H2,1H3. The third-order valence-corrected chi connectivity index (χ3v) is 1.55. The summed E-state index contributed by atoms with van der Waals surface area (Å²) >= 11 is 0. The Balaban J connectivity index is 3.33. The van der Waals surface area contributed by atoms with Crippen molar-refractivity contribution in [3.8, 4) is 0 Å². The Morgan fingerprint density at radius 1 is 1.64 bits per heavy atom. The molecule has 0 aromatic rings. The molecule has 0 saturated carbocycles. The van der Waals surface area contributed by atoms with Crippen LogP contribution in [-0.2, 0) is 4.79 Å². The quantitative estimate of drug-likeness (QED) is 0.526. The number of unbranched alkanes of at least 4 members (excludes halogenated alkanes) is 1. The van der Waals surface area contributed by atoms with Crippen molar-refractivity contribution in [2.45, 2.75) is 32.2 Å². The molecule has 0 aromatic heterocycles. The lowest BCUT2D eigenvalue weighted by molar-refractivity contribution is -0.109. The first-order valence-corrected chi connectivity index (χ1v) is 4.14. The molecule has 0 aliphatic carbocycles. The maximum absolute atomic E-state index is 10.4. The zero-order chi connectivity index (χ0) is 8.53. The number of aldehydes is 1. The Bertz CT molecular complexity index is 88.1. The van der Waals surface area contributed by atoms with Crippen LogP contribution in [0, 0.1) is 0 Å². The van der Waals surface area contributed by atoms with E-state index in [1.165, 1.54) is 0 Å². The molecule has 0 amide bonds. The van der Waals surface area contributed by atoms with Gasteiger partial charge in [-0.15, -0.1) is 0 Å². The molecule has 0 spiro atoms. The van der Waals surface area contributed by atoms with Crippen molar-refractivity contribution in [2.75, 3.05) is 13.2 Å². The number of carbonyl (C=O) groups excluding carboxylic acids is 1. The number of aliphatic hydroxyl groups is 1. The van der Waals surface area contributed by atoms with Crippen molar-refractivity contribution < 1.29 is 9.90 Å². The van der Waals surface area contributed by atoms with E-state index in [0.717, 1.165) is 25.5 Å². The predicted octanol–water partition coefficient (Wildman–Crippen LogP) is 0.326. The van der Waals surface area contributed by atoms with Gasteiger partial charge in [-0.3, -0.25) is 0 Å². The number of hydrogen-bond acceptors (Lipinski definition) is 3. The molecule has 0 radical (unpaired) electrons. The van der Waals surface area contributed by atoms with Crippen LogP contribution in [-0.4, -0.2) is 30.6 Å². The number of rotatable bonds is 7. The van der Waals surface area contributed by atoms with E-state index in [2.05, 4.69) is 12.2 Å². The van der Waals surface area contributed by atoms with Gasteiger partial charge in [-0.05, 0) is 6.42 Å². The van der Waals surface area contributed by atoms with Gasteiger partial charge >= 0.3 is 0 Å². The lowest BCUT2D eigenvalue weighted by Crippen LogP contribution is -2.32. The summed E-state index contributed by atoms with van der Waals surface area (Å²) in [5, 5.41) is 11.4. The van der Waals surface area contributed by atoms with Crippen LogP contribution >= 0.6 is 0 Å². The van der Waals surface area contributed by atoms with E-state index in [9.17, 15) is 4.79 Å². The van der Waals surface area contributed by atoms with Gasteiger partial charge in [0.15, 0.2) is 0 Å². The van der Waals surface area contributed by atoms with Crippen molar-refractivity contribution in [1.29, 1.82) is 0 Å². The van der Waals surface area contributed by atoms with E-state index in [1.807, 2.05) is 0 Å². The van der Waals surface area contributed by atoms with Crippen molar-refractivity contribution >= 4 is 6.29 Å². The number of hydrogen-bond donors (Lipinski definition) is 2. The summed E-state index contributed by atoms with van der Waals surface area (Å²) < 4.78 is 0. The molecule has 0 bridgehead atoms. The zero-order valence-corrected chi connectivity index (χ0v) is 7.05. The minimum Gasteiger partial charge on any atom is -0.395 e. The molecule has 3 heteroatoms. The highest BCUT2D eigenvalue weighted by Gasteiger charge is 2.03. The Morgan fingerprint density at radius 3 is 2.82 bits per heavy atom. The molecule has 0 aliphatic rings. The van der Waals surface area contributed by atoms with Gasteiger partial charge in [-0.1, -0.05) is 19.8 Å². The van der Waals surface area contributed by atoms with Gasteiger partial charge in [0, 0.05) is 6.54 Å². The third-order valence-electron chi connectivity index (χ3n) is 1.55. The van der Waals surface area contributed by atoms with Crippen molar-refractivity contribution in [2.24, 2.45) is 0 Å². The zero-order valence-electron chi connectivity index (χ0n) is 7.05. The van der Waals surface area contributed by atoms with Crippen molar-refractivity contribution in [3.05, 3.63) is 0 Å². The molecule has 1 unspecified atom stereocenters. The van der Waals surface area contributed by atoms with Gasteiger partial charge in [-0.25, -0.2) is 0 Å². The molecule has 66 valence electrons. The average Bonchev–Trinajstić information content (AvgIpc) is 2.05. The second-order valence-corrected chi connectivity index (χ2v) is 2.56. The first-order chi connectivity index (χ1) is 5.35. The number of aliphatic hydroxyl groups excluding tert-OH is 1. The van der Waals surface area contributed by atoms with Crippen LogP contribution in [0.1, 0.15) is 26.2 Å². The molecule has 2 N–H and O–H groups in total. The third kappa shape index (κ3) is 6.01. The highest BCUT2D eigenvalue weighted by Crippen LogP contribution is 1.97. The fourth-order valence-electron chi connectivity index (χ4n) is 0.892. The summed E-state index contributed by atoms with van der Waals surface area (Å²) in [4.78, 5) is 10.4. The van der Waals surface area contributed by atoms with Crippen LogP contribution in [0.15, 0.2) is 0 Å². The summed E-state index contributed by atoms with van der Waals surface area (Å²) in [6.07, 6.45) is 3.94. The molecule has 0 fully saturated rings. The molecule has 0 saturated heterocycles. The maximum Gasteiger partial charge on any atom is 0.136 e. The lowest BCUT2D eigenvalue weighted by Gasteiger charge is -2.09. The second-order valence-electron chi connectivity index (χ2n) is 2.56. The number of nitrogens with one attached hydrogen (secondary N) is 1. The Morgan fingerprint density at radius 2 is 2.36 bits per heavy atom. The van der Waals surface area contributed by atoms with Gasteiger partial charge in [0.1, 0.15) is 6.29 Å². The van der Waals surface area contributed by atoms with E-state index < -0.39 is 0 Å². The van der Waals surface area contributed by atoms with Crippen LogP contribution in [0.4, 0.5) is 0 Å². The van der Waals surface area contributed by atoms with Gasteiger partial charge in [-0.2, -0.15) is 0 Å². The van der Waals surface area contributed by atoms with Crippen molar-refractivity contribution in [1.82, 2.24) is 5.32 Å². The Kier molecular flexibility index (Phi) is 7.41. The maximum atomic E-state index is 10.4. The van der Waals surface area contributed by atoms with Crippen LogP contribution < -0.4 is 5.32 Å². The topological polar surface area (TPSA) is 49.3 Å². The highest BCUT2D eigenvalue weighted by molar-refractivity contribution is 5.57. The smallest absolute Gasteiger partial charge is 0.136 e. The van der Waals surface area contributed by atoms with Crippen LogP contribution in [0.25, 0.3) is 0 Å². The van der Waals surface area contributed by atoms with E-state index in [4.69, 9.17) is 5.11 Å². The minimum absolute atomic E-state index is 0.0675. The monoisotopic (exact) mass is 159 g/mol. The van der Waals surface area contributed by atoms with Crippen LogP contribution in [0.2, 0.25) is 0 Å². The molecular formula is C8H17NO2. The normalized spacial score (nSPS) is 12.9. The van der Waals surface area contributed by atoms with Gasteiger partial charge in [0.2, 0.25) is 0 Å². The fourth-order valence-corrected chi connectivity index (χ4v) is 0.892. The molecule has 1 atom stereocenters. The van der Waals surface area contributed by atoms with Crippen LogP contribution in [0.5, 0.6) is 0 Å². The minimum atomic E-state index is -0.0675. The summed E-state index contributed by atoms with van der Waals surface area (Å²) in [5.74, 6) is 0. The highest BCUT2D eigenvalue weighted by atomic mass is 16.3. The molecule has 3 nitrogen and oxygen atoms in total. The number of carbonyl (C=O) groups is 1. The summed E-state index contributed by atoms with van der Waals surface area (Å²) in [6, 6.07) is -0.0675. The van der Waals surface area contributed by atoms with Gasteiger partial charge < -0.3 is 15.2 Å². The summed E-state index contributed by atoms with van der Waals surface area (Å²) in [7, 11) is 0. The van der Waals surface area contributed by atoms with Crippen LogP contribution in [0.3, 0.4) is 0 Å². The first kappa shape index (κ1) is 10.6. The van der Waals surface area contributed by atoms with Crippen molar-refractivity contribution in [3.63, 3.8) is 0 Å². The van der Waals surface area contributed by atoms with Gasteiger partial charge in [0.05, 0.1) is 12.6 Å². The molecule has 0 aromatic carbocycles. The van der Waals surface area contributed by atoms with E-state index >= 15 is 0 Å². The van der Waals surface area contributed by atoms with E-state index in [0.29, 0.717) is 6.54 Å². The van der Waals surface area contributed by atoms with E-state index in [-0.39, 0.29) is 12.6 Å². The SMILES string of the molecule is CCCCC(C=O)NCCO. The predicted molar refractivity (Wildman–Crippen MR) is 44.5 cm³/mol. The second kappa shape index (κ2) is 7.69. The van der Waals surface area contributed by atoms with Gasteiger partial charge in [0.25, 0.3) is 0 Å². The summed E-state index contributed by atoms with van der Waals surface area (Å²) in [6.45, 7) is 2.69. The largest absolute Gasteiger partial charge is 0.395 e.